The first-order valence-corrected chi connectivity index (χ1v) is 9.93. The molecule has 3 rings (SSSR count). The van der Waals surface area contributed by atoms with E-state index in [2.05, 4.69) is 4.90 Å². The normalized spacial score (nSPS) is 24.2. The molecule has 2 heterocycles. The smallest absolute Gasteiger partial charge is 0.409 e. The molecule has 0 radical (unpaired) electrons. The average molecular weight is 414 g/mol. The van der Waals surface area contributed by atoms with Crippen LogP contribution in [0.4, 0.5) is 13.6 Å². The Kier molecular flexibility index (Phi) is 7.26. The van der Waals surface area contributed by atoms with Gasteiger partial charge in [-0.2, -0.15) is 0 Å². The summed E-state index contributed by atoms with van der Waals surface area (Å²) in [6, 6.07) is 3.11. The van der Waals surface area contributed by atoms with Crippen LogP contribution in [0.2, 0.25) is 0 Å². The van der Waals surface area contributed by atoms with E-state index in [1.807, 2.05) is 0 Å². The quantitative estimate of drug-likeness (QED) is 0.795. The Labute approximate surface area is 169 Å². The lowest BCUT2D eigenvalue weighted by molar-refractivity contribution is -0.0689. The summed E-state index contributed by atoms with van der Waals surface area (Å²) < 4.78 is 42.8. The molecule has 0 spiro atoms. The van der Waals surface area contributed by atoms with Crippen molar-refractivity contribution in [3.63, 3.8) is 0 Å². The van der Waals surface area contributed by atoms with E-state index in [4.69, 9.17) is 14.2 Å². The van der Waals surface area contributed by atoms with Crippen LogP contribution in [0.5, 0.6) is 5.75 Å². The SMILES string of the molecule is CCOC(=O)N1CCC(N2CCOCC(O)(COc3cc(F)cc(F)c3)C2)CC1. The summed E-state index contributed by atoms with van der Waals surface area (Å²) in [4.78, 5) is 15.7. The second-order valence-corrected chi connectivity index (χ2v) is 7.56. The van der Waals surface area contributed by atoms with Crippen molar-refractivity contribution in [1.29, 1.82) is 0 Å². The number of aliphatic hydroxyl groups is 1. The predicted molar refractivity (Wildman–Crippen MR) is 101 cm³/mol. The van der Waals surface area contributed by atoms with Gasteiger partial charge in [-0.3, -0.25) is 4.90 Å². The van der Waals surface area contributed by atoms with Crippen LogP contribution in [-0.2, 0) is 9.47 Å². The molecule has 29 heavy (non-hydrogen) atoms. The lowest BCUT2D eigenvalue weighted by Crippen LogP contribution is -2.54. The Hall–Kier alpha value is -1.97. The molecule has 1 amide bonds. The van der Waals surface area contributed by atoms with Crippen LogP contribution in [0.25, 0.3) is 0 Å². The van der Waals surface area contributed by atoms with Gasteiger partial charge in [-0.1, -0.05) is 0 Å². The minimum atomic E-state index is -1.31. The van der Waals surface area contributed by atoms with Crippen molar-refractivity contribution in [1.82, 2.24) is 9.80 Å². The monoisotopic (exact) mass is 414 g/mol. The standard InChI is InChI=1S/C20H28F2N2O5/c1-2-28-19(25)23-5-3-17(4-6-23)24-7-8-27-13-20(26,12-24)14-29-18-10-15(21)9-16(22)11-18/h9-11,17,26H,2-8,12-14H2,1H3. The van der Waals surface area contributed by atoms with Crippen LogP contribution in [-0.4, -0.2) is 85.2 Å². The number of benzene rings is 1. The number of halogens is 2. The number of ether oxygens (including phenoxy) is 3. The predicted octanol–water partition coefficient (Wildman–Crippen LogP) is 2.03. The van der Waals surface area contributed by atoms with Crippen molar-refractivity contribution in [2.75, 3.05) is 52.6 Å². The summed E-state index contributed by atoms with van der Waals surface area (Å²) in [6.07, 6.45) is 1.24. The number of rotatable bonds is 5. The molecule has 162 valence electrons. The molecule has 7 nitrogen and oxygen atoms in total. The summed E-state index contributed by atoms with van der Waals surface area (Å²) in [6.45, 7) is 4.69. The van der Waals surface area contributed by atoms with Gasteiger partial charge in [0.25, 0.3) is 0 Å². The summed E-state index contributed by atoms with van der Waals surface area (Å²) in [5.74, 6) is -1.45. The number of piperidine rings is 1. The topological polar surface area (TPSA) is 71.5 Å². The van der Waals surface area contributed by atoms with Crippen molar-refractivity contribution in [2.24, 2.45) is 0 Å². The second-order valence-electron chi connectivity index (χ2n) is 7.56. The van der Waals surface area contributed by atoms with E-state index in [0.29, 0.717) is 39.4 Å². The van der Waals surface area contributed by atoms with Gasteiger partial charge in [0, 0.05) is 50.4 Å². The molecule has 2 fully saturated rings. The Bertz CT molecular complexity index is 679. The molecule has 1 N–H and O–H groups in total. The van der Waals surface area contributed by atoms with E-state index in [1.165, 1.54) is 0 Å². The first-order chi connectivity index (χ1) is 13.9. The molecular weight excluding hydrogens is 386 g/mol. The molecular formula is C20H28F2N2O5. The van der Waals surface area contributed by atoms with E-state index in [-0.39, 0.29) is 31.1 Å². The first kappa shape index (κ1) is 21.7. The fraction of sp³-hybridized carbons (Fsp3) is 0.650. The molecule has 0 bridgehead atoms. The van der Waals surface area contributed by atoms with E-state index in [9.17, 15) is 18.7 Å². The highest BCUT2D eigenvalue weighted by Crippen LogP contribution is 2.23. The second kappa shape index (κ2) is 9.69. The molecule has 1 aromatic carbocycles. The lowest BCUT2D eigenvalue weighted by Gasteiger charge is -2.39. The molecule has 1 unspecified atom stereocenters. The van der Waals surface area contributed by atoms with E-state index in [0.717, 1.165) is 31.0 Å². The molecule has 2 saturated heterocycles. The van der Waals surface area contributed by atoms with Crippen LogP contribution in [0.3, 0.4) is 0 Å². The molecule has 1 atom stereocenters. The summed E-state index contributed by atoms with van der Waals surface area (Å²) in [5, 5.41) is 11.0. The zero-order valence-electron chi connectivity index (χ0n) is 16.6. The number of nitrogens with zero attached hydrogens (tertiary/aromatic N) is 2. The highest BCUT2D eigenvalue weighted by Gasteiger charge is 2.37. The van der Waals surface area contributed by atoms with E-state index < -0.39 is 17.2 Å². The molecule has 0 saturated carbocycles. The zero-order chi connectivity index (χ0) is 20.9. The molecule has 1 aromatic rings. The summed E-state index contributed by atoms with van der Waals surface area (Å²) in [5.41, 5.74) is -1.31. The van der Waals surface area contributed by atoms with Crippen molar-refractivity contribution in [2.45, 2.75) is 31.4 Å². The summed E-state index contributed by atoms with van der Waals surface area (Å²) >= 11 is 0. The molecule has 2 aliphatic heterocycles. The van der Waals surface area contributed by atoms with Gasteiger partial charge in [0.2, 0.25) is 0 Å². The maximum absolute atomic E-state index is 13.3. The van der Waals surface area contributed by atoms with Gasteiger partial charge in [-0.15, -0.1) is 0 Å². The molecule has 0 aromatic heterocycles. The van der Waals surface area contributed by atoms with Gasteiger partial charge < -0.3 is 24.2 Å². The highest BCUT2D eigenvalue weighted by atomic mass is 19.1. The fourth-order valence-electron chi connectivity index (χ4n) is 3.80. The highest BCUT2D eigenvalue weighted by molar-refractivity contribution is 5.67. The van der Waals surface area contributed by atoms with E-state index in [1.54, 1.807) is 11.8 Å². The lowest BCUT2D eigenvalue weighted by atomic mass is 10.00. The molecule has 0 aliphatic carbocycles. The third kappa shape index (κ3) is 6.01. The largest absolute Gasteiger partial charge is 0.490 e. The third-order valence-corrected chi connectivity index (χ3v) is 5.24. The minimum Gasteiger partial charge on any atom is -0.490 e. The number of likely N-dealkylation sites (tertiary alicyclic amines) is 1. The minimum absolute atomic E-state index is 0.0227. The number of hydrogen-bond acceptors (Lipinski definition) is 6. The van der Waals surface area contributed by atoms with Crippen LogP contribution < -0.4 is 4.74 Å². The van der Waals surface area contributed by atoms with Gasteiger partial charge in [0.1, 0.15) is 29.6 Å². The van der Waals surface area contributed by atoms with Crippen LogP contribution >= 0.6 is 0 Å². The average Bonchev–Trinajstić information content (AvgIpc) is 2.88. The van der Waals surface area contributed by atoms with Crippen LogP contribution in [0.1, 0.15) is 19.8 Å². The maximum atomic E-state index is 13.3. The van der Waals surface area contributed by atoms with Gasteiger partial charge in [0.05, 0.1) is 19.8 Å². The van der Waals surface area contributed by atoms with E-state index >= 15 is 0 Å². The van der Waals surface area contributed by atoms with Crippen molar-refractivity contribution in [3.8, 4) is 5.75 Å². The number of hydrogen-bond donors (Lipinski definition) is 1. The Morgan fingerprint density at radius 3 is 2.59 bits per heavy atom. The zero-order valence-corrected chi connectivity index (χ0v) is 16.6. The fourth-order valence-corrected chi connectivity index (χ4v) is 3.80. The number of β-amino-alcohol motifs (C(OH)–C–C–N with tert-alkyl or cyclic N) is 1. The van der Waals surface area contributed by atoms with Crippen molar-refractivity contribution in [3.05, 3.63) is 29.8 Å². The number of carbonyl (C=O) groups is 1. The first-order valence-electron chi connectivity index (χ1n) is 9.93. The van der Waals surface area contributed by atoms with Crippen molar-refractivity contribution < 1.29 is 32.9 Å². The Morgan fingerprint density at radius 1 is 1.24 bits per heavy atom. The van der Waals surface area contributed by atoms with Crippen LogP contribution in [0, 0.1) is 11.6 Å². The van der Waals surface area contributed by atoms with Gasteiger partial charge in [0.15, 0.2) is 0 Å². The van der Waals surface area contributed by atoms with Gasteiger partial charge in [-0.05, 0) is 19.8 Å². The Morgan fingerprint density at radius 2 is 1.93 bits per heavy atom. The van der Waals surface area contributed by atoms with Gasteiger partial charge >= 0.3 is 6.09 Å². The molecule has 9 heteroatoms. The number of amides is 1. The van der Waals surface area contributed by atoms with Crippen LogP contribution in [0.15, 0.2) is 18.2 Å². The summed E-state index contributed by atoms with van der Waals surface area (Å²) in [7, 11) is 0. The van der Waals surface area contributed by atoms with Crippen molar-refractivity contribution >= 4 is 6.09 Å². The van der Waals surface area contributed by atoms with Gasteiger partial charge in [-0.25, -0.2) is 13.6 Å². The Balaban J connectivity index is 1.57. The number of carbonyl (C=O) groups excluding carboxylic acids is 1. The maximum Gasteiger partial charge on any atom is 0.409 e. The third-order valence-electron chi connectivity index (χ3n) is 5.24. The molecule has 2 aliphatic rings.